The van der Waals surface area contributed by atoms with Gasteiger partial charge in [-0.3, -0.25) is 9.59 Å². The van der Waals surface area contributed by atoms with Gasteiger partial charge in [-0.1, -0.05) is 0 Å². The lowest BCUT2D eigenvalue weighted by Gasteiger charge is -2.18. The molecule has 20 heavy (non-hydrogen) atoms. The van der Waals surface area contributed by atoms with Crippen LogP contribution in [0.4, 0.5) is 0 Å². The molecule has 2 aliphatic rings. The Bertz CT molecular complexity index is 440. The second kappa shape index (κ2) is 7.72. The van der Waals surface area contributed by atoms with Crippen LogP contribution in [0.15, 0.2) is 21.3 Å². The number of hydrogen-bond donors (Lipinski definition) is 0. The monoisotopic (exact) mass is 350 g/mol. The third-order valence-corrected chi connectivity index (χ3v) is 6.98. The van der Waals surface area contributed by atoms with Gasteiger partial charge in [0.1, 0.15) is 21.3 Å². The van der Waals surface area contributed by atoms with Crippen LogP contribution in [-0.2, 0) is 19.1 Å². The molecule has 0 radical (unpaired) electrons. The number of rotatable bonds is 2. The van der Waals surface area contributed by atoms with Gasteiger partial charge in [0.2, 0.25) is 10.2 Å². The molecule has 0 saturated heterocycles. The zero-order valence-corrected chi connectivity index (χ0v) is 14.4. The quantitative estimate of drug-likeness (QED) is 0.702. The maximum absolute atomic E-state index is 12.1. The van der Waals surface area contributed by atoms with Crippen LogP contribution in [-0.4, -0.2) is 35.0 Å². The van der Waals surface area contributed by atoms with Crippen LogP contribution in [0.5, 0.6) is 0 Å². The molecule has 0 bridgehead atoms. The molecule has 2 heterocycles. The second-order valence-corrected chi connectivity index (χ2v) is 8.19. The third-order valence-electron chi connectivity index (χ3n) is 2.50. The zero-order valence-electron chi connectivity index (χ0n) is 11.1. The molecule has 0 atom stereocenters. The summed E-state index contributed by atoms with van der Waals surface area (Å²) in [5.41, 5.74) is 0. The Morgan fingerprint density at radius 1 is 0.900 bits per heavy atom. The molecule has 0 unspecified atom stereocenters. The SMILES string of the molecule is CC1=C(C(=O)SSC(=O)C2=C(C)OCCS2)SCCO1. The molecule has 0 saturated carbocycles. The second-order valence-electron chi connectivity index (χ2n) is 3.91. The van der Waals surface area contributed by atoms with Gasteiger partial charge in [0.25, 0.3) is 0 Å². The Morgan fingerprint density at radius 2 is 1.30 bits per heavy atom. The molecule has 2 rings (SSSR count). The molecule has 0 amide bonds. The van der Waals surface area contributed by atoms with Crippen molar-refractivity contribution in [3.05, 3.63) is 21.3 Å². The van der Waals surface area contributed by atoms with Gasteiger partial charge in [0.15, 0.2) is 0 Å². The summed E-state index contributed by atoms with van der Waals surface area (Å²) in [6, 6.07) is 0. The van der Waals surface area contributed by atoms with Gasteiger partial charge in [0.05, 0.1) is 13.2 Å². The highest BCUT2D eigenvalue weighted by Gasteiger charge is 2.24. The molecule has 8 heteroatoms. The van der Waals surface area contributed by atoms with Crippen molar-refractivity contribution in [2.75, 3.05) is 24.7 Å². The fraction of sp³-hybridized carbons (Fsp3) is 0.500. The smallest absolute Gasteiger partial charge is 0.240 e. The maximum Gasteiger partial charge on any atom is 0.240 e. The van der Waals surface area contributed by atoms with Crippen molar-refractivity contribution in [2.24, 2.45) is 0 Å². The normalized spacial score (nSPS) is 19.5. The first-order valence-electron chi connectivity index (χ1n) is 5.95. The maximum atomic E-state index is 12.1. The lowest BCUT2D eigenvalue weighted by Crippen LogP contribution is -2.10. The molecule has 0 N–H and O–H groups in total. The lowest BCUT2D eigenvalue weighted by atomic mass is 10.5. The van der Waals surface area contributed by atoms with Gasteiger partial charge >= 0.3 is 0 Å². The fourth-order valence-corrected chi connectivity index (χ4v) is 5.53. The molecule has 110 valence electrons. The van der Waals surface area contributed by atoms with Crippen LogP contribution in [0.1, 0.15) is 13.8 Å². The van der Waals surface area contributed by atoms with Gasteiger partial charge in [-0.15, -0.1) is 23.5 Å². The Labute approximate surface area is 134 Å². The van der Waals surface area contributed by atoms with E-state index < -0.39 is 0 Å². The molecule has 4 nitrogen and oxygen atoms in total. The number of carbonyl (C=O) groups excluding carboxylic acids is 2. The van der Waals surface area contributed by atoms with Crippen molar-refractivity contribution >= 4 is 55.3 Å². The van der Waals surface area contributed by atoms with E-state index in [0.29, 0.717) is 34.5 Å². The van der Waals surface area contributed by atoms with Crippen LogP contribution < -0.4 is 0 Å². The first kappa shape index (κ1) is 16.2. The summed E-state index contributed by atoms with van der Waals surface area (Å²) in [5, 5.41) is -0.240. The molecule has 0 aromatic rings. The highest BCUT2D eigenvalue weighted by Crippen LogP contribution is 2.38. The minimum absolute atomic E-state index is 0.120. The molecular formula is C12H14O4S4. The number of carbonyl (C=O) groups is 2. The van der Waals surface area contributed by atoms with Crippen molar-refractivity contribution in [3.8, 4) is 0 Å². The van der Waals surface area contributed by atoms with Crippen LogP contribution in [0.3, 0.4) is 0 Å². The number of hydrogen-bond acceptors (Lipinski definition) is 8. The lowest BCUT2D eigenvalue weighted by molar-refractivity contribution is -0.108. The summed E-state index contributed by atoms with van der Waals surface area (Å²) >= 11 is 2.97. The highest BCUT2D eigenvalue weighted by atomic mass is 33.1. The first-order chi connectivity index (χ1) is 9.59. The summed E-state index contributed by atoms with van der Waals surface area (Å²) in [4.78, 5) is 25.3. The molecule has 0 aliphatic carbocycles. The van der Waals surface area contributed by atoms with Crippen molar-refractivity contribution in [1.29, 1.82) is 0 Å². The molecule has 0 spiro atoms. The van der Waals surface area contributed by atoms with Crippen LogP contribution in [0, 0.1) is 0 Å². The third kappa shape index (κ3) is 4.16. The van der Waals surface area contributed by atoms with E-state index in [1.54, 1.807) is 13.8 Å². The fourth-order valence-electron chi connectivity index (χ4n) is 1.57. The first-order valence-corrected chi connectivity index (χ1v) is 10.1. The molecule has 0 fully saturated rings. The summed E-state index contributed by atoms with van der Waals surface area (Å²) in [6.07, 6.45) is 0. The summed E-state index contributed by atoms with van der Waals surface area (Å²) < 4.78 is 10.7. The van der Waals surface area contributed by atoms with Gasteiger partial charge in [0, 0.05) is 11.5 Å². The Hall–Kier alpha value is -0.180. The van der Waals surface area contributed by atoms with Crippen LogP contribution in [0.2, 0.25) is 0 Å². The predicted octanol–water partition coefficient (Wildman–Crippen LogP) is 3.41. The van der Waals surface area contributed by atoms with E-state index in [1.807, 2.05) is 0 Å². The average Bonchev–Trinajstić information content (AvgIpc) is 2.45. The van der Waals surface area contributed by atoms with Crippen molar-refractivity contribution in [1.82, 2.24) is 0 Å². The molecule has 2 aliphatic heterocycles. The van der Waals surface area contributed by atoms with E-state index in [-0.39, 0.29) is 10.2 Å². The minimum Gasteiger partial charge on any atom is -0.496 e. The largest absolute Gasteiger partial charge is 0.496 e. The van der Waals surface area contributed by atoms with E-state index in [0.717, 1.165) is 33.1 Å². The van der Waals surface area contributed by atoms with Crippen molar-refractivity contribution in [2.45, 2.75) is 13.8 Å². The topological polar surface area (TPSA) is 52.6 Å². The number of ether oxygens (including phenoxy) is 2. The van der Waals surface area contributed by atoms with Crippen molar-refractivity contribution < 1.29 is 19.1 Å². The van der Waals surface area contributed by atoms with E-state index >= 15 is 0 Å². The van der Waals surface area contributed by atoms with Gasteiger partial charge in [-0.05, 0) is 35.4 Å². The van der Waals surface area contributed by atoms with E-state index in [4.69, 9.17) is 9.47 Å². The van der Waals surface area contributed by atoms with Gasteiger partial charge in [-0.2, -0.15) is 0 Å². The Balaban J connectivity index is 1.92. The van der Waals surface area contributed by atoms with E-state index in [9.17, 15) is 9.59 Å². The number of thioether (sulfide) groups is 2. The van der Waals surface area contributed by atoms with E-state index in [2.05, 4.69) is 0 Å². The summed E-state index contributed by atoms with van der Waals surface area (Å²) in [7, 11) is 1.91. The van der Waals surface area contributed by atoms with Crippen molar-refractivity contribution in [3.63, 3.8) is 0 Å². The Kier molecular flexibility index (Phi) is 6.25. The standard InChI is InChI=1S/C12H14O4S4/c1-7-9(17-5-3-15-7)11(13)19-20-12(14)10-8(2)16-4-6-18-10/h3-6H2,1-2H3. The summed E-state index contributed by atoms with van der Waals surface area (Å²) in [5.74, 6) is 2.84. The van der Waals surface area contributed by atoms with Crippen LogP contribution in [0.25, 0.3) is 0 Å². The predicted molar refractivity (Wildman–Crippen MR) is 87.4 cm³/mol. The van der Waals surface area contributed by atoms with E-state index in [1.165, 1.54) is 23.5 Å². The van der Waals surface area contributed by atoms with Crippen LogP contribution >= 0.6 is 45.1 Å². The number of allylic oxidation sites excluding steroid dienone is 2. The zero-order chi connectivity index (χ0) is 14.5. The molecule has 0 aromatic heterocycles. The Morgan fingerprint density at radius 3 is 1.65 bits per heavy atom. The summed E-state index contributed by atoms with van der Waals surface area (Å²) in [6.45, 7) is 4.82. The minimum atomic E-state index is -0.120. The highest BCUT2D eigenvalue weighted by molar-refractivity contribution is 8.87. The molecular weight excluding hydrogens is 336 g/mol. The van der Waals surface area contributed by atoms with Gasteiger partial charge < -0.3 is 9.47 Å². The van der Waals surface area contributed by atoms with Gasteiger partial charge in [-0.25, -0.2) is 0 Å². The average molecular weight is 351 g/mol. The molecule has 0 aromatic carbocycles.